The van der Waals surface area contributed by atoms with Crippen molar-refractivity contribution in [3.63, 3.8) is 0 Å². The molecule has 0 bridgehead atoms. The fourth-order valence-electron chi connectivity index (χ4n) is 3.22. The molecule has 0 nitrogen and oxygen atoms in total. The van der Waals surface area contributed by atoms with Crippen LogP contribution >= 0.6 is 41.2 Å². The van der Waals surface area contributed by atoms with Gasteiger partial charge in [-0.15, -0.1) is 25.3 Å². The first-order valence-corrected chi connectivity index (χ1v) is 9.84. The van der Waals surface area contributed by atoms with E-state index in [9.17, 15) is 8.78 Å². The van der Waals surface area contributed by atoms with E-state index in [1.54, 1.807) is 30.3 Å². The third kappa shape index (κ3) is 3.28. The maximum absolute atomic E-state index is 14.7. The van der Waals surface area contributed by atoms with E-state index in [1.165, 1.54) is 12.1 Å². The Morgan fingerprint density at radius 3 is 2.15 bits per heavy atom. The molecule has 0 radical (unpaired) electrons. The van der Waals surface area contributed by atoms with E-state index >= 15 is 0 Å². The van der Waals surface area contributed by atoms with Crippen molar-refractivity contribution >= 4 is 52.0 Å². The van der Waals surface area contributed by atoms with Gasteiger partial charge in [0, 0.05) is 25.4 Å². The zero-order chi connectivity index (χ0) is 19.1. The average molecular weight is 459 g/mol. The number of rotatable bonds is 2. The van der Waals surface area contributed by atoms with Crippen LogP contribution in [0.4, 0.5) is 8.78 Å². The Kier molecular flexibility index (Phi) is 5.01. The Hall–Kier alpha value is -1.82. The maximum Gasteiger partial charge on any atom is 0.131 e. The minimum Gasteiger partial charge on any atom is -0.206 e. The molecular formula is C22H13BrF2S2. The molecule has 0 unspecified atom stereocenters. The maximum atomic E-state index is 14.7. The number of fused-ring (bicyclic) bond motifs is 1. The van der Waals surface area contributed by atoms with Gasteiger partial charge in [0.1, 0.15) is 11.6 Å². The van der Waals surface area contributed by atoms with Crippen molar-refractivity contribution in [1.29, 1.82) is 0 Å². The van der Waals surface area contributed by atoms with Gasteiger partial charge in [-0.2, -0.15) is 0 Å². The molecule has 0 amide bonds. The second-order valence-electron chi connectivity index (χ2n) is 6.13. The van der Waals surface area contributed by atoms with Gasteiger partial charge >= 0.3 is 0 Å². The first kappa shape index (κ1) is 18.5. The molecule has 0 aliphatic carbocycles. The minimum absolute atomic E-state index is 0.335. The molecule has 0 N–H and O–H groups in total. The van der Waals surface area contributed by atoms with E-state index in [0.29, 0.717) is 32.0 Å². The van der Waals surface area contributed by atoms with Crippen LogP contribution in [0.2, 0.25) is 0 Å². The molecule has 4 aromatic carbocycles. The van der Waals surface area contributed by atoms with Gasteiger partial charge in [-0.3, -0.25) is 0 Å². The van der Waals surface area contributed by atoms with Gasteiger partial charge in [0.05, 0.1) is 0 Å². The van der Waals surface area contributed by atoms with Gasteiger partial charge in [0.15, 0.2) is 0 Å². The lowest BCUT2D eigenvalue weighted by molar-refractivity contribution is 0.630. The Morgan fingerprint density at radius 1 is 0.667 bits per heavy atom. The van der Waals surface area contributed by atoms with Gasteiger partial charge in [0.25, 0.3) is 0 Å². The number of hydrogen-bond donors (Lipinski definition) is 2. The summed E-state index contributed by atoms with van der Waals surface area (Å²) in [6, 6.07) is 19.0. The van der Waals surface area contributed by atoms with Crippen LogP contribution in [0.1, 0.15) is 0 Å². The molecule has 0 spiro atoms. The Labute approximate surface area is 175 Å². The molecular weight excluding hydrogens is 446 g/mol. The van der Waals surface area contributed by atoms with Crippen molar-refractivity contribution in [1.82, 2.24) is 0 Å². The normalized spacial score (nSPS) is 11.1. The Balaban J connectivity index is 1.97. The standard InChI is InChI=1S/C22H13BrF2S2/c23-13-6-10-18(24)17(11-13)15-7-8-16(22(27)21(15)26)20-14-4-2-1-3-12(14)5-9-19(20)25/h1-11,26-27H. The van der Waals surface area contributed by atoms with E-state index in [2.05, 4.69) is 41.2 Å². The highest BCUT2D eigenvalue weighted by molar-refractivity contribution is 9.10. The van der Waals surface area contributed by atoms with Crippen LogP contribution in [-0.4, -0.2) is 0 Å². The zero-order valence-electron chi connectivity index (χ0n) is 13.9. The van der Waals surface area contributed by atoms with Crippen LogP contribution in [0.5, 0.6) is 0 Å². The molecule has 0 aliphatic rings. The third-order valence-corrected chi connectivity index (χ3v) is 6.12. The number of benzene rings is 4. The molecule has 0 aromatic heterocycles. The molecule has 0 saturated carbocycles. The summed E-state index contributed by atoms with van der Waals surface area (Å²) >= 11 is 12.5. The van der Waals surface area contributed by atoms with Crippen molar-refractivity contribution in [2.24, 2.45) is 0 Å². The Morgan fingerprint density at radius 2 is 1.33 bits per heavy atom. The monoisotopic (exact) mass is 458 g/mol. The van der Waals surface area contributed by atoms with Crippen molar-refractivity contribution < 1.29 is 8.78 Å². The lowest BCUT2D eigenvalue weighted by Crippen LogP contribution is -1.93. The summed E-state index contributed by atoms with van der Waals surface area (Å²) in [4.78, 5) is 1.01. The van der Waals surface area contributed by atoms with Gasteiger partial charge < -0.3 is 0 Å². The predicted octanol–water partition coefficient (Wildman–Crippen LogP) is 7.79. The molecule has 0 fully saturated rings. The van der Waals surface area contributed by atoms with Crippen molar-refractivity contribution in [3.05, 3.63) is 82.8 Å². The van der Waals surface area contributed by atoms with E-state index in [4.69, 9.17) is 0 Å². The van der Waals surface area contributed by atoms with Gasteiger partial charge in [-0.25, -0.2) is 8.78 Å². The summed E-state index contributed by atoms with van der Waals surface area (Å²) in [6.45, 7) is 0. The highest BCUT2D eigenvalue weighted by atomic mass is 79.9. The fourth-order valence-corrected chi connectivity index (χ4v) is 4.20. The molecule has 27 heavy (non-hydrogen) atoms. The molecule has 0 saturated heterocycles. The van der Waals surface area contributed by atoms with Crippen LogP contribution in [0.15, 0.2) is 81.0 Å². The second-order valence-corrected chi connectivity index (χ2v) is 7.94. The molecule has 0 aliphatic heterocycles. The number of thiol groups is 2. The highest BCUT2D eigenvalue weighted by Gasteiger charge is 2.18. The predicted molar refractivity (Wildman–Crippen MR) is 117 cm³/mol. The summed E-state index contributed by atoms with van der Waals surface area (Å²) in [6.07, 6.45) is 0. The topological polar surface area (TPSA) is 0 Å². The summed E-state index contributed by atoms with van der Waals surface area (Å²) in [5.74, 6) is -0.691. The largest absolute Gasteiger partial charge is 0.206 e. The summed E-state index contributed by atoms with van der Waals surface area (Å²) in [7, 11) is 0. The molecule has 134 valence electrons. The van der Waals surface area contributed by atoms with E-state index in [-0.39, 0.29) is 11.6 Å². The fraction of sp³-hybridized carbons (Fsp3) is 0. The van der Waals surface area contributed by atoms with Crippen molar-refractivity contribution in [3.8, 4) is 22.3 Å². The van der Waals surface area contributed by atoms with Crippen molar-refractivity contribution in [2.75, 3.05) is 0 Å². The molecule has 4 rings (SSSR count). The van der Waals surface area contributed by atoms with Gasteiger partial charge in [-0.05, 0) is 46.2 Å². The summed E-state index contributed by atoms with van der Waals surface area (Å²) in [5, 5.41) is 1.73. The lowest BCUT2D eigenvalue weighted by atomic mass is 9.95. The van der Waals surface area contributed by atoms with Crippen LogP contribution in [0.3, 0.4) is 0 Å². The van der Waals surface area contributed by atoms with Crippen LogP contribution < -0.4 is 0 Å². The zero-order valence-corrected chi connectivity index (χ0v) is 17.3. The number of halogens is 3. The first-order chi connectivity index (χ1) is 13.0. The van der Waals surface area contributed by atoms with E-state index in [1.807, 2.05) is 24.3 Å². The van der Waals surface area contributed by atoms with Crippen LogP contribution in [0, 0.1) is 11.6 Å². The minimum atomic E-state index is -0.356. The number of hydrogen-bond acceptors (Lipinski definition) is 2. The van der Waals surface area contributed by atoms with Gasteiger partial charge in [-0.1, -0.05) is 58.4 Å². The average Bonchev–Trinajstić information content (AvgIpc) is 2.67. The molecule has 0 heterocycles. The molecule has 4 aromatic rings. The van der Waals surface area contributed by atoms with Crippen molar-refractivity contribution in [2.45, 2.75) is 9.79 Å². The summed E-state index contributed by atoms with van der Waals surface area (Å²) in [5.41, 5.74) is 2.10. The van der Waals surface area contributed by atoms with E-state index < -0.39 is 0 Å². The Bertz CT molecular complexity index is 1190. The molecule has 5 heteroatoms. The second kappa shape index (κ2) is 7.30. The smallest absolute Gasteiger partial charge is 0.131 e. The lowest BCUT2D eigenvalue weighted by Gasteiger charge is -2.15. The quantitative estimate of drug-likeness (QED) is 0.281. The SMILES string of the molecule is Fc1ccc(Br)cc1-c1ccc(-c2c(F)ccc3ccccc23)c(S)c1S. The molecule has 0 atom stereocenters. The van der Waals surface area contributed by atoms with Crippen LogP contribution in [-0.2, 0) is 0 Å². The van der Waals surface area contributed by atoms with Crippen LogP contribution in [0.25, 0.3) is 33.0 Å². The van der Waals surface area contributed by atoms with E-state index in [0.717, 1.165) is 15.2 Å². The summed E-state index contributed by atoms with van der Waals surface area (Å²) < 4.78 is 29.8. The first-order valence-electron chi connectivity index (χ1n) is 8.15. The third-order valence-electron chi connectivity index (χ3n) is 4.52. The highest BCUT2D eigenvalue weighted by Crippen LogP contribution is 2.42. The van der Waals surface area contributed by atoms with Gasteiger partial charge in [0.2, 0.25) is 0 Å².